The van der Waals surface area contributed by atoms with Gasteiger partial charge in [0.2, 0.25) is 0 Å². The Morgan fingerprint density at radius 1 is 0.296 bits per heavy atom. The van der Waals surface area contributed by atoms with Gasteiger partial charge in [-0.15, -0.1) is 11.3 Å². The van der Waals surface area contributed by atoms with E-state index in [0.717, 1.165) is 66.5 Å². The van der Waals surface area contributed by atoms with Gasteiger partial charge in [0.05, 0.1) is 0 Å². The maximum Gasteiger partial charge on any atom is 0.143 e. The Morgan fingerprint density at radius 2 is 0.845 bits per heavy atom. The zero-order valence-electron chi connectivity index (χ0n) is 38.6. The van der Waals surface area contributed by atoms with E-state index in [4.69, 9.17) is 4.42 Å². The molecule has 2 aromatic heterocycles. The third-order valence-corrected chi connectivity index (χ3v) is 15.5. The highest BCUT2D eigenvalue weighted by Crippen LogP contribution is 2.45. The van der Waals surface area contributed by atoms with Crippen LogP contribution < -0.4 is 4.90 Å². The van der Waals surface area contributed by atoms with Crippen LogP contribution in [0.1, 0.15) is 0 Å². The SMILES string of the molecule is c1ccc(-c2ccccc2-c2cccc(N(c3ccc(-c4cc5c(oc6ccc7ccccc7c65)c5ccccc45)cc3)c3cccc(-c4ccc(-c5cccc6c5sc5ccccc56)cc4)c3)c2)cc1. The molecule has 2 heterocycles. The monoisotopic (exact) mass is 921 g/mol. The van der Waals surface area contributed by atoms with Crippen molar-refractivity contribution in [2.45, 2.75) is 0 Å². The summed E-state index contributed by atoms with van der Waals surface area (Å²) in [7, 11) is 0. The van der Waals surface area contributed by atoms with Crippen LogP contribution in [0.2, 0.25) is 0 Å². The fourth-order valence-corrected chi connectivity index (χ4v) is 12.1. The number of anilines is 3. The van der Waals surface area contributed by atoms with Crippen LogP contribution in [0.4, 0.5) is 17.1 Å². The third-order valence-electron chi connectivity index (χ3n) is 14.3. The molecule has 0 atom stereocenters. The van der Waals surface area contributed by atoms with Crippen molar-refractivity contribution in [1.82, 2.24) is 0 Å². The van der Waals surface area contributed by atoms with Crippen molar-refractivity contribution >= 4 is 92.1 Å². The van der Waals surface area contributed by atoms with Crippen molar-refractivity contribution in [3.63, 3.8) is 0 Å². The van der Waals surface area contributed by atoms with Crippen LogP contribution in [-0.2, 0) is 0 Å². The molecule has 0 unspecified atom stereocenters. The zero-order chi connectivity index (χ0) is 46.8. The Balaban J connectivity index is 0.891. The van der Waals surface area contributed by atoms with Gasteiger partial charge in [-0.2, -0.15) is 0 Å². The molecule has 0 aliphatic heterocycles. The molecule has 0 fully saturated rings. The van der Waals surface area contributed by atoms with Crippen LogP contribution >= 0.6 is 11.3 Å². The van der Waals surface area contributed by atoms with E-state index in [2.05, 4.69) is 266 Å². The molecular weight excluding hydrogens is 879 g/mol. The molecule has 0 aliphatic rings. The quantitative estimate of drug-likeness (QED) is 0.151. The normalized spacial score (nSPS) is 11.7. The summed E-state index contributed by atoms with van der Waals surface area (Å²) in [6, 6.07) is 94.9. The molecule has 332 valence electrons. The number of hydrogen-bond acceptors (Lipinski definition) is 3. The van der Waals surface area contributed by atoms with E-state index in [9.17, 15) is 0 Å². The van der Waals surface area contributed by atoms with E-state index in [1.165, 1.54) is 69.9 Å². The van der Waals surface area contributed by atoms with Crippen LogP contribution in [0.25, 0.3) is 119 Å². The van der Waals surface area contributed by atoms with Crippen molar-refractivity contribution in [3.05, 3.63) is 261 Å². The summed E-state index contributed by atoms with van der Waals surface area (Å²) in [4.78, 5) is 2.40. The molecule has 0 saturated heterocycles. The largest absolute Gasteiger partial charge is 0.455 e. The lowest BCUT2D eigenvalue weighted by atomic mass is 9.93. The molecule has 0 bridgehead atoms. The van der Waals surface area contributed by atoms with E-state index in [1.807, 2.05) is 11.3 Å². The highest BCUT2D eigenvalue weighted by Gasteiger charge is 2.20. The lowest BCUT2D eigenvalue weighted by Gasteiger charge is -2.27. The summed E-state index contributed by atoms with van der Waals surface area (Å²) in [5, 5.41) is 9.60. The molecular formula is C68H43NOS. The molecule has 0 aliphatic carbocycles. The average molecular weight is 922 g/mol. The van der Waals surface area contributed by atoms with Gasteiger partial charge >= 0.3 is 0 Å². The number of rotatable bonds is 8. The summed E-state index contributed by atoms with van der Waals surface area (Å²) in [5.41, 5.74) is 16.9. The molecule has 2 nitrogen and oxygen atoms in total. The predicted octanol–water partition coefficient (Wildman–Crippen LogP) is 20.1. The van der Waals surface area contributed by atoms with E-state index in [-0.39, 0.29) is 0 Å². The molecule has 3 heteroatoms. The number of furan rings is 1. The maximum absolute atomic E-state index is 6.67. The molecule has 0 spiro atoms. The standard InChI is InChI=1S/C68H43NOS/c1-2-15-45(16-3-1)54-22-6-7-23-55(54)50-19-13-21-53(42-50)69(52-20-12-18-49(41-52)44-31-33-47(34-32-44)57-28-14-29-61-59-26-10-11-30-65(59)71-68(57)61)51-38-35-48(36-39-51)62-43-63-66-56-24-5-4-17-46(56)37-40-64(66)70-67(63)60-27-9-8-25-58(60)62/h1-43H. The molecule has 71 heavy (non-hydrogen) atoms. The van der Waals surface area contributed by atoms with Crippen molar-refractivity contribution in [1.29, 1.82) is 0 Å². The van der Waals surface area contributed by atoms with Gasteiger partial charge in [-0.25, -0.2) is 0 Å². The Bertz CT molecular complexity index is 4330. The number of thiophene rings is 1. The van der Waals surface area contributed by atoms with Crippen LogP contribution in [0, 0.1) is 0 Å². The second kappa shape index (κ2) is 16.9. The Morgan fingerprint density at radius 3 is 1.65 bits per heavy atom. The first-order chi connectivity index (χ1) is 35.2. The van der Waals surface area contributed by atoms with E-state index >= 15 is 0 Å². The molecule has 0 amide bonds. The lowest BCUT2D eigenvalue weighted by Crippen LogP contribution is -2.10. The summed E-state index contributed by atoms with van der Waals surface area (Å²) in [6.45, 7) is 0. The average Bonchev–Trinajstić information content (AvgIpc) is 4.03. The van der Waals surface area contributed by atoms with Crippen molar-refractivity contribution in [2.75, 3.05) is 4.90 Å². The minimum Gasteiger partial charge on any atom is -0.455 e. The van der Waals surface area contributed by atoms with Gasteiger partial charge in [-0.1, -0.05) is 206 Å². The highest BCUT2D eigenvalue weighted by atomic mass is 32.1. The minimum atomic E-state index is 0.906. The molecule has 0 saturated carbocycles. The summed E-state index contributed by atoms with van der Waals surface area (Å²) in [5.74, 6) is 0. The van der Waals surface area contributed by atoms with Gasteiger partial charge in [0.15, 0.2) is 0 Å². The second-order valence-electron chi connectivity index (χ2n) is 18.4. The van der Waals surface area contributed by atoms with Gasteiger partial charge in [0.25, 0.3) is 0 Å². The van der Waals surface area contributed by atoms with E-state index < -0.39 is 0 Å². The van der Waals surface area contributed by atoms with Crippen molar-refractivity contribution in [2.24, 2.45) is 0 Å². The van der Waals surface area contributed by atoms with Gasteiger partial charge in [-0.05, 0) is 126 Å². The van der Waals surface area contributed by atoms with Crippen LogP contribution in [-0.4, -0.2) is 0 Å². The van der Waals surface area contributed by atoms with Crippen LogP contribution in [0.5, 0.6) is 0 Å². The zero-order valence-corrected chi connectivity index (χ0v) is 39.4. The summed E-state index contributed by atoms with van der Waals surface area (Å²) >= 11 is 1.88. The van der Waals surface area contributed by atoms with Crippen molar-refractivity contribution < 1.29 is 4.42 Å². The first-order valence-corrected chi connectivity index (χ1v) is 25.0. The molecule has 12 aromatic carbocycles. The van der Waals surface area contributed by atoms with Crippen LogP contribution in [0.15, 0.2) is 265 Å². The Hall–Kier alpha value is -9.02. The molecule has 0 radical (unpaired) electrons. The summed E-state index contributed by atoms with van der Waals surface area (Å²) < 4.78 is 9.32. The topological polar surface area (TPSA) is 16.4 Å². The highest BCUT2D eigenvalue weighted by molar-refractivity contribution is 7.26. The second-order valence-corrected chi connectivity index (χ2v) is 19.4. The fraction of sp³-hybridized carbons (Fsp3) is 0. The lowest BCUT2D eigenvalue weighted by molar-refractivity contribution is 0.673. The van der Waals surface area contributed by atoms with Gasteiger partial charge in [-0.3, -0.25) is 0 Å². The summed E-state index contributed by atoms with van der Waals surface area (Å²) in [6.07, 6.45) is 0. The van der Waals surface area contributed by atoms with Gasteiger partial charge < -0.3 is 9.32 Å². The molecule has 14 rings (SSSR count). The first kappa shape index (κ1) is 41.0. The number of hydrogen-bond donors (Lipinski definition) is 0. The van der Waals surface area contributed by atoms with E-state index in [0.29, 0.717) is 0 Å². The third kappa shape index (κ3) is 7.01. The smallest absolute Gasteiger partial charge is 0.143 e. The number of benzene rings is 12. The van der Waals surface area contributed by atoms with Crippen molar-refractivity contribution in [3.8, 4) is 55.6 Å². The first-order valence-electron chi connectivity index (χ1n) is 24.2. The number of nitrogens with zero attached hydrogens (tertiary/aromatic N) is 1. The molecule has 14 aromatic rings. The van der Waals surface area contributed by atoms with Crippen LogP contribution in [0.3, 0.4) is 0 Å². The minimum absolute atomic E-state index is 0.906. The van der Waals surface area contributed by atoms with Gasteiger partial charge in [0, 0.05) is 53.4 Å². The van der Waals surface area contributed by atoms with Gasteiger partial charge in [0.1, 0.15) is 11.2 Å². The Kier molecular flexibility index (Phi) is 9.75. The fourth-order valence-electron chi connectivity index (χ4n) is 10.9. The number of fused-ring (bicyclic) bond motifs is 10. The maximum atomic E-state index is 6.67. The Labute approximate surface area is 415 Å². The predicted molar refractivity (Wildman–Crippen MR) is 303 cm³/mol. The van der Waals surface area contributed by atoms with E-state index in [1.54, 1.807) is 0 Å². The molecule has 0 N–H and O–H groups in total.